The second kappa shape index (κ2) is 6.51. The minimum Gasteiger partial charge on any atom is -0.378 e. The minimum absolute atomic E-state index is 0.0190. The molecule has 0 bridgehead atoms. The Bertz CT molecular complexity index is 456. The van der Waals surface area contributed by atoms with Gasteiger partial charge in [0, 0.05) is 13.7 Å². The molecule has 1 aliphatic rings. The second-order valence-electron chi connectivity index (χ2n) is 4.43. The Morgan fingerprint density at radius 2 is 1.89 bits per heavy atom. The SMILES string of the molecule is CCOC1CC(Nc2cc(Cl)c(Cl)cc2Cl)C1OC. The van der Waals surface area contributed by atoms with Gasteiger partial charge in [0.1, 0.15) is 6.10 Å². The van der Waals surface area contributed by atoms with E-state index in [9.17, 15) is 0 Å². The molecule has 106 valence electrons. The molecule has 1 aromatic rings. The summed E-state index contributed by atoms with van der Waals surface area (Å²) in [6.07, 6.45) is 1.03. The second-order valence-corrected chi connectivity index (χ2v) is 5.65. The summed E-state index contributed by atoms with van der Waals surface area (Å²) in [4.78, 5) is 0. The Morgan fingerprint density at radius 3 is 2.53 bits per heavy atom. The fraction of sp³-hybridized carbons (Fsp3) is 0.538. The van der Waals surface area contributed by atoms with Gasteiger partial charge in [0.05, 0.1) is 32.9 Å². The van der Waals surface area contributed by atoms with Gasteiger partial charge in [0.25, 0.3) is 0 Å². The fourth-order valence-electron chi connectivity index (χ4n) is 2.25. The van der Waals surface area contributed by atoms with Gasteiger partial charge in [0.2, 0.25) is 0 Å². The molecule has 1 fully saturated rings. The molecular formula is C13H16Cl3NO2. The van der Waals surface area contributed by atoms with Crippen LogP contribution in [0.1, 0.15) is 13.3 Å². The molecule has 3 unspecified atom stereocenters. The third-order valence-corrected chi connectivity index (χ3v) is 4.29. The molecule has 0 spiro atoms. The number of nitrogens with one attached hydrogen (secondary N) is 1. The van der Waals surface area contributed by atoms with Crippen molar-refractivity contribution in [2.75, 3.05) is 19.0 Å². The molecule has 3 atom stereocenters. The van der Waals surface area contributed by atoms with Crippen LogP contribution in [0.2, 0.25) is 15.1 Å². The molecular weight excluding hydrogens is 309 g/mol. The first-order valence-electron chi connectivity index (χ1n) is 6.12. The normalized spacial score (nSPS) is 26.1. The first-order chi connectivity index (χ1) is 9.06. The van der Waals surface area contributed by atoms with E-state index in [1.54, 1.807) is 19.2 Å². The van der Waals surface area contributed by atoms with Crippen molar-refractivity contribution in [2.24, 2.45) is 0 Å². The predicted octanol–water partition coefficient (Wildman–Crippen LogP) is 4.25. The minimum atomic E-state index is 0.0190. The van der Waals surface area contributed by atoms with Crippen molar-refractivity contribution in [1.82, 2.24) is 0 Å². The van der Waals surface area contributed by atoms with Crippen molar-refractivity contribution in [2.45, 2.75) is 31.6 Å². The number of hydrogen-bond acceptors (Lipinski definition) is 3. The van der Waals surface area contributed by atoms with Crippen molar-refractivity contribution in [3.63, 3.8) is 0 Å². The van der Waals surface area contributed by atoms with E-state index >= 15 is 0 Å². The molecule has 0 radical (unpaired) electrons. The van der Waals surface area contributed by atoms with Crippen molar-refractivity contribution >= 4 is 40.5 Å². The maximum absolute atomic E-state index is 6.14. The molecule has 1 aliphatic carbocycles. The average Bonchev–Trinajstić information content (AvgIpc) is 2.34. The van der Waals surface area contributed by atoms with Crippen LogP contribution in [0.3, 0.4) is 0 Å². The van der Waals surface area contributed by atoms with Crippen LogP contribution in [-0.2, 0) is 9.47 Å². The van der Waals surface area contributed by atoms with Gasteiger partial charge in [-0.25, -0.2) is 0 Å². The Morgan fingerprint density at radius 1 is 1.21 bits per heavy atom. The smallest absolute Gasteiger partial charge is 0.103 e. The van der Waals surface area contributed by atoms with E-state index in [1.165, 1.54) is 0 Å². The van der Waals surface area contributed by atoms with Crippen LogP contribution in [0.5, 0.6) is 0 Å². The zero-order valence-corrected chi connectivity index (χ0v) is 13.0. The van der Waals surface area contributed by atoms with Crippen LogP contribution in [0.25, 0.3) is 0 Å². The number of ether oxygens (including phenoxy) is 2. The monoisotopic (exact) mass is 323 g/mol. The Labute approximate surface area is 128 Å². The summed E-state index contributed by atoms with van der Waals surface area (Å²) in [5, 5.41) is 4.79. The number of anilines is 1. The summed E-state index contributed by atoms with van der Waals surface area (Å²) >= 11 is 18.0. The van der Waals surface area contributed by atoms with E-state index in [-0.39, 0.29) is 18.2 Å². The first kappa shape index (κ1) is 15.2. The largest absolute Gasteiger partial charge is 0.378 e. The lowest BCUT2D eigenvalue weighted by Gasteiger charge is -2.43. The zero-order chi connectivity index (χ0) is 14.0. The highest BCUT2D eigenvalue weighted by molar-refractivity contribution is 6.44. The van der Waals surface area contributed by atoms with Gasteiger partial charge in [-0.3, -0.25) is 0 Å². The van der Waals surface area contributed by atoms with E-state index in [2.05, 4.69) is 5.32 Å². The number of hydrogen-bond donors (Lipinski definition) is 1. The Kier molecular flexibility index (Phi) is 5.21. The topological polar surface area (TPSA) is 30.5 Å². The lowest BCUT2D eigenvalue weighted by molar-refractivity contribution is -0.118. The maximum atomic E-state index is 6.14. The summed E-state index contributed by atoms with van der Waals surface area (Å²) < 4.78 is 11.0. The van der Waals surface area contributed by atoms with Gasteiger partial charge in [0.15, 0.2) is 0 Å². The molecule has 0 heterocycles. The van der Waals surface area contributed by atoms with E-state index in [1.807, 2.05) is 6.92 Å². The molecule has 1 aromatic carbocycles. The van der Waals surface area contributed by atoms with Crippen molar-refractivity contribution in [1.29, 1.82) is 0 Å². The van der Waals surface area contributed by atoms with Crippen molar-refractivity contribution in [3.05, 3.63) is 27.2 Å². The molecule has 2 rings (SSSR count). The highest BCUT2D eigenvalue weighted by atomic mass is 35.5. The number of methoxy groups -OCH3 is 1. The molecule has 0 amide bonds. The zero-order valence-electron chi connectivity index (χ0n) is 10.8. The van der Waals surface area contributed by atoms with Crippen LogP contribution in [0.15, 0.2) is 12.1 Å². The van der Waals surface area contributed by atoms with E-state index in [0.29, 0.717) is 21.7 Å². The van der Waals surface area contributed by atoms with Crippen LogP contribution in [0, 0.1) is 0 Å². The average molecular weight is 325 g/mol. The maximum Gasteiger partial charge on any atom is 0.103 e. The number of rotatable bonds is 5. The van der Waals surface area contributed by atoms with Gasteiger partial charge in [-0.1, -0.05) is 34.8 Å². The highest BCUT2D eigenvalue weighted by Crippen LogP contribution is 2.36. The molecule has 0 aliphatic heterocycles. The quantitative estimate of drug-likeness (QED) is 0.821. The summed E-state index contributed by atoms with van der Waals surface area (Å²) in [5.41, 5.74) is 0.762. The summed E-state index contributed by atoms with van der Waals surface area (Å²) in [6.45, 7) is 2.66. The number of benzene rings is 1. The van der Waals surface area contributed by atoms with E-state index in [4.69, 9.17) is 44.3 Å². The van der Waals surface area contributed by atoms with Crippen molar-refractivity contribution < 1.29 is 9.47 Å². The van der Waals surface area contributed by atoms with Gasteiger partial charge in [-0.2, -0.15) is 0 Å². The van der Waals surface area contributed by atoms with Crippen LogP contribution >= 0.6 is 34.8 Å². The first-order valence-corrected chi connectivity index (χ1v) is 7.25. The molecule has 1 saturated carbocycles. The molecule has 3 nitrogen and oxygen atoms in total. The van der Waals surface area contributed by atoms with Gasteiger partial charge in [-0.05, 0) is 25.5 Å². The predicted molar refractivity (Wildman–Crippen MR) is 79.7 cm³/mol. The van der Waals surface area contributed by atoms with Crippen molar-refractivity contribution in [3.8, 4) is 0 Å². The molecule has 0 aromatic heterocycles. The highest BCUT2D eigenvalue weighted by Gasteiger charge is 2.42. The lowest BCUT2D eigenvalue weighted by Crippen LogP contribution is -2.56. The van der Waals surface area contributed by atoms with Crippen LogP contribution < -0.4 is 5.32 Å². The molecule has 19 heavy (non-hydrogen) atoms. The van der Waals surface area contributed by atoms with E-state index in [0.717, 1.165) is 12.1 Å². The van der Waals surface area contributed by atoms with E-state index < -0.39 is 0 Å². The number of halogens is 3. The molecule has 1 N–H and O–H groups in total. The summed E-state index contributed by atoms with van der Waals surface area (Å²) in [6, 6.07) is 3.53. The standard InChI is InChI=1S/C13H16Cl3NO2/c1-3-19-12-6-11(13(12)18-2)17-10-5-8(15)7(14)4-9(10)16/h4-5,11-13,17H,3,6H2,1-2H3. The Balaban J connectivity index is 2.04. The third-order valence-electron chi connectivity index (χ3n) is 3.25. The molecule has 6 heteroatoms. The van der Waals surface area contributed by atoms with Gasteiger partial charge < -0.3 is 14.8 Å². The lowest BCUT2D eigenvalue weighted by atomic mass is 9.85. The summed E-state index contributed by atoms with van der Waals surface area (Å²) in [7, 11) is 1.68. The van der Waals surface area contributed by atoms with Gasteiger partial charge in [-0.15, -0.1) is 0 Å². The molecule has 0 saturated heterocycles. The van der Waals surface area contributed by atoms with Gasteiger partial charge >= 0.3 is 0 Å². The van der Waals surface area contributed by atoms with Crippen LogP contribution in [-0.4, -0.2) is 32.0 Å². The van der Waals surface area contributed by atoms with Crippen LogP contribution in [0.4, 0.5) is 5.69 Å². The summed E-state index contributed by atoms with van der Waals surface area (Å²) in [5.74, 6) is 0. The third kappa shape index (κ3) is 3.29. The fourth-order valence-corrected chi connectivity index (χ4v) is 2.85. The Hall–Kier alpha value is -0.190.